The van der Waals surface area contributed by atoms with Crippen LogP contribution in [0.25, 0.3) is 0 Å². The normalized spacial score (nSPS) is 26.2. The van der Waals surface area contributed by atoms with Crippen LogP contribution in [0.5, 0.6) is 5.75 Å². The fourth-order valence-electron chi connectivity index (χ4n) is 4.22. The Morgan fingerprint density at radius 2 is 1.92 bits per heavy atom. The van der Waals surface area contributed by atoms with Crippen molar-refractivity contribution in [2.45, 2.75) is 13.0 Å². The number of methoxy groups -OCH3 is 1. The SMILES string of the molecule is COc1ccc(CN2C[C@@H](CN3CCCN(C)CC3)[C@@H](CO)C2)c(F)c1. The van der Waals surface area contributed by atoms with Crippen LogP contribution in [0.1, 0.15) is 12.0 Å². The van der Waals surface area contributed by atoms with Crippen molar-refractivity contribution < 1.29 is 14.2 Å². The maximum absolute atomic E-state index is 14.3. The summed E-state index contributed by atoms with van der Waals surface area (Å²) in [6.07, 6.45) is 1.20. The third-order valence-electron chi connectivity index (χ3n) is 5.85. The molecule has 1 aromatic rings. The second-order valence-corrected chi connectivity index (χ2v) is 7.81. The van der Waals surface area contributed by atoms with Gasteiger partial charge >= 0.3 is 0 Å². The molecule has 146 valence electrons. The standard InChI is InChI=1S/C20H32FN3O2/c1-22-6-3-7-23(9-8-22)12-17-13-24(14-18(17)15-25)11-16-4-5-19(26-2)10-20(16)21/h4-5,10,17-18,25H,3,6-9,11-15H2,1-2H3/t17-,18-/m1/s1. The summed E-state index contributed by atoms with van der Waals surface area (Å²) < 4.78 is 19.3. The number of nitrogens with zero attached hydrogens (tertiary/aromatic N) is 3. The number of halogens is 1. The largest absolute Gasteiger partial charge is 0.497 e. The van der Waals surface area contributed by atoms with Crippen LogP contribution in [-0.4, -0.2) is 86.4 Å². The van der Waals surface area contributed by atoms with Gasteiger partial charge in [0.2, 0.25) is 0 Å². The van der Waals surface area contributed by atoms with Gasteiger partial charge in [0.25, 0.3) is 0 Å². The lowest BCUT2D eigenvalue weighted by molar-refractivity contribution is 0.165. The molecule has 26 heavy (non-hydrogen) atoms. The molecular formula is C20H32FN3O2. The van der Waals surface area contributed by atoms with Crippen LogP contribution in [0.3, 0.4) is 0 Å². The Balaban J connectivity index is 1.58. The minimum absolute atomic E-state index is 0.208. The molecule has 1 N–H and O–H groups in total. The van der Waals surface area contributed by atoms with Crippen molar-refractivity contribution in [3.63, 3.8) is 0 Å². The Bertz CT molecular complexity index is 586. The van der Waals surface area contributed by atoms with Crippen molar-refractivity contribution >= 4 is 0 Å². The third kappa shape index (κ3) is 4.94. The summed E-state index contributed by atoms with van der Waals surface area (Å²) in [7, 11) is 3.73. The van der Waals surface area contributed by atoms with Gasteiger partial charge in [-0.15, -0.1) is 0 Å². The van der Waals surface area contributed by atoms with Crippen LogP contribution in [0.4, 0.5) is 4.39 Å². The number of benzene rings is 1. The van der Waals surface area contributed by atoms with Crippen molar-refractivity contribution in [3.05, 3.63) is 29.6 Å². The van der Waals surface area contributed by atoms with Crippen LogP contribution in [0.2, 0.25) is 0 Å². The van der Waals surface area contributed by atoms with Crippen LogP contribution >= 0.6 is 0 Å². The topological polar surface area (TPSA) is 39.2 Å². The molecule has 0 radical (unpaired) electrons. The van der Waals surface area contributed by atoms with Crippen molar-refractivity contribution in [3.8, 4) is 5.75 Å². The molecule has 3 rings (SSSR count). The molecule has 0 saturated carbocycles. The summed E-state index contributed by atoms with van der Waals surface area (Å²) in [6, 6.07) is 5.06. The van der Waals surface area contributed by atoms with Crippen molar-refractivity contribution in [1.29, 1.82) is 0 Å². The maximum atomic E-state index is 14.3. The average Bonchev–Trinajstić information content (AvgIpc) is 2.90. The molecule has 2 heterocycles. The van der Waals surface area contributed by atoms with Gasteiger partial charge in [0.15, 0.2) is 0 Å². The molecule has 2 aliphatic heterocycles. The number of hydrogen-bond acceptors (Lipinski definition) is 5. The van der Waals surface area contributed by atoms with E-state index in [1.165, 1.54) is 12.5 Å². The smallest absolute Gasteiger partial charge is 0.131 e. The molecule has 2 atom stereocenters. The van der Waals surface area contributed by atoms with E-state index in [1.54, 1.807) is 13.2 Å². The quantitative estimate of drug-likeness (QED) is 0.828. The second-order valence-electron chi connectivity index (χ2n) is 7.81. The highest BCUT2D eigenvalue weighted by atomic mass is 19.1. The molecule has 0 unspecified atom stereocenters. The van der Waals surface area contributed by atoms with E-state index >= 15 is 0 Å². The zero-order chi connectivity index (χ0) is 18.5. The number of likely N-dealkylation sites (tertiary alicyclic amines) is 1. The van der Waals surface area contributed by atoms with E-state index in [2.05, 4.69) is 21.7 Å². The maximum Gasteiger partial charge on any atom is 0.131 e. The summed E-state index contributed by atoms with van der Waals surface area (Å²) in [5.41, 5.74) is 0.694. The zero-order valence-electron chi connectivity index (χ0n) is 16.0. The third-order valence-corrected chi connectivity index (χ3v) is 5.85. The van der Waals surface area contributed by atoms with Gasteiger partial charge in [-0.2, -0.15) is 0 Å². The first-order valence-corrected chi connectivity index (χ1v) is 9.65. The Hall–Kier alpha value is -1.21. The fraction of sp³-hybridized carbons (Fsp3) is 0.700. The second kappa shape index (κ2) is 9.13. The molecule has 6 heteroatoms. The van der Waals surface area contributed by atoms with Crippen molar-refractivity contribution in [2.75, 3.05) is 66.6 Å². The molecule has 0 amide bonds. The van der Waals surface area contributed by atoms with E-state index < -0.39 is 0 Å². The Morgan fingerprint density at radius 1 is 1.12 bits per heavy atom. The van der Waals surface area contributed by atoms with Gasteiger partial charge in [-0.05, 0) is 44.5 Å². The molecular weight excluding hydrogens is 333 g/mol. The van der Waals surface area contributed by atoms with Gasteiger partial charge < -0.3 is 19.6 Å². The lowest BCUT2D eigenvalue weighted by atomic mass is 9.96. The zero-order valence-corrected chi connectivity index (χ0v) is 16.0. The summed E-state index contributed by atoms with van der Waals surface area (Å²) >= 11 is 0. The lowest BCUT2D eigenvalue weighted by Crippen LogP contribution is -2.36. The monoisotopic (exact) mass is 365 g/mol. The summed E-state index contributed by atoms with van der Waals surface area (Å²) in [4.78, 5) is 7.20. The molecule has 0 aromatic heterocycles. The highest BCUT2D eigenvalue weighted by molar-refractivity contribution is 5.28. The Labute approximate surface area is 156 Å². The van der Waals surface area contributed by atoms with Gasteiger partial charge in [-0.3, -0.25) is 4.90 Å². The van der Waals surface area contributed by atoms with Gasteiger partial charge in [-0.25, -0.2) is 4.39 Å². The van der Waals surface area contributed by atoms with Crippen molar-refractivity contribution in [1.82, 2.24) is 14.7 Å². The molecule has 0 spiro atoms. The highest BCUT2D eigenvalue weighted by Gasteiger charge is 2.33. The molecule has 1 aromatic carbocycles. The van der Waals surface area contributed by atoms with Crippen LogP contribution in [0.15, 0.2) is 18.2 Å². The molecule has 2 saturated heterocycles. The molecule has 0 bridgehead atoms. The summed E-state index contributed by atoms with van der Waals surface area (Å²) in [5, 5.41) is 9.83. The van der Waals surface area contributed by atoms with Crippen molar-refractivity contribution in [2.24, 2.45) is 11.8 Å². The molecule has 2 fully saturated rings. The lowest BCUT2D eigenvalue weighted by Gasteiger charge is -2.26. The Morgan fingerprint density at radius 3 is 2.65 bits per heavy atom. The predicted molar refractivity (Wildman–Crippen MR) is 101 cm³/mol. The van der Waals surface area contributed by atoms with Crippen LogP contribution in [0, 0.1) is 17.7 Å². The number of rotatable bonds is 6. The van der Waals surface area contributed by atoms with E-state index in [9.17, 15) is 9.50 Å². The first-order valence-electron chi connectivity index (χ1n) is 9.65. The minimum Gasteiger partial charge on any atom is -0.497 e. The van der Waals surface area contributed by atoms with Crippen LogP contribution < -0.4 is 4.74 Å². The first kappa shape index (κ1) is 19.5. The van der Waals surface area contributed by atoms with E-state index in [1.807, 2.05) is 6.07 Å². The molecule has 0 aliphatic carbocycles. The highest BCUT2D eigenvalue weighted by Crippen LogP contribution is 2.27. The number of hydrogen-bond donors (Lipinski definition) is 1. The summed E-state index contributed by atoms with van der Waals surface area (Å²) in [5.74, 6) is 1.05. The van der Waals surface area contributed by atoms with E-state index in [0.717, 1.165) is 45.8 Å². The van der Waals surface area contributed by atoms with Gasteiger partial charge in [-0.1, -0.05) is 6.07 Å². The van der Waals surface area contributed by atoms with E-state index in [4.69, 9.17) is 4.74 Å². The van der Waals surface area contributed by atoms with E-state index in [-0.39, 0.29) is 18.3 Å². The fourth-order valence-corrected chi connectivity index (χ4v) is 4.22. The molecule has 2 aliphatic rings. The Kier molecular flexibility index (Phi) is 6.86. The average molecular weight is 365 g/mol. The minimum atomic E-state index is -0.219. The first-order chi connectivity index (χ1) is 12.6. The number of ether oxygens (including phenoxy) is 1. The summed E-state index contributed by atoms with van der Waals surface area (Å²) in [6.45, 7) is 8.07. The van der Waals surface area contributed by atoms with Crippen LogP contribution in [-0.2, 0) is 6.54 Å². The van der Waals surface area contributed by atoms with Gasteiger partial charge in [0.1, 0.15) is 11.6 Å². The number of aliphatic hydroxyl groups excluding tert-OH is 1. The number of likely N-dealkylation sites (N-methyl/N-ethyl adjacent to an activating group) is 1. The molecule has 5 nitrogen and oxygen atoms in total. The predicted octanol–water partition coefficient (Wildman–Crippen LogP) is 1.51. The van der Waals surface area contributed by atoms with E-state index in [0.29, 0.717) is 23.8 Å². The number of aliphatic hydroxyl groups is 1. The van der Waals surface area contributed by atoms with Gasteiger partial charge in [0.05, 0.1) is 7.11 Å². The van der Waals surface area contributed by atoms with Gasteiger partial charge in [0, 0.05) is 57.5 Å².